The van der Waals surface area contributed by atoms with Crippen LogP contribution >= 0.6 is 0 Å². The lowest BCUT2D eigenvalue weighted by Gasteiger charge is -2.28. The van der Waals surface area contributed by atoms with Gasteiger partial charge in [0.15, 0.2) is 0 Å². The van der Waals surface area contributed by atoms with Gasteiger partial charge in [0.1, 0.15) is 5.75 Å². The summed E-state index contributed by atoms with van der Waals surface area (Å²) in [5.41, 5.74) is 4.54. The summed E-state index contributed by atoms with van der Waals surface area (Å²) in [4.78, 5) is 15.0. The van der Waals surface area contributed by atoms with Gasteiger partial charge >= 0.3 is 0 Å². The molecule has 1 N–H and O–H groups in total. The van der Waals surface area contributed by atoms with E-state index in [-0.39, 0.29) is 11.8 Å². The molecule has 1 aliphatic heterocycles. The first-order valence-electron chi connectivity index (χ1n) is 9.22. The Morgan fingerprint density at radius 1 is 1.15 bits per heavy atom. The number of aromatic amines is 1. The van der Waals surface area contributed by atoms with Crippen LogP contribution in [0.15, 0.2) is 60.8 Å². The third kappa shape index (κ3) is 3.72. The van der Waals surface area contributed by atoms with Crippen LogP contribution in [-0.4, -0.2) is 34.7 Å². The molecule has 0 fully saturated rings. The zero-order valence-corrected chi connectivity index (χ0v) is 15.4. The Kier molecular flexibility index (Phi) is 4.92. The Balaban J connectivity index is 1.56. The molecule has 0 saturated carbocycles. The number of hydrogen-bond acceptors (Lipinski definition) is 3. The molecule has 0 aliphatic carbocycles. The molecule has 1 atom stereocenters. The lowest BCUT2D eigenvalue weighted by atomic mass is 9.88. The van der Waals surface area contributed by atoms with E-state index in [2.05, 4.69) is 22.3 Å². The van der Waals surface area contributed by atoms with Crippen LogP contribution in [0.3, 0.4) is 0 Å². The van der Waals surface area contributed by atoms with Gasteiger partial charge < -0.3 is 9.64 Å². The van der Waals surface area contributed by atoms with Crippen LogP contribution in [0.2, 0.25) is 0 Å². The van der Waals surface area contributed by atoms with Gasteiger partial charge in [-0.3, -0.25) is 9.89 Å². The number of rotatable bonds is 5. The molecule has 4 rings (SSSR count). The van der Waals surface area contributed by atoms with E-state index in [0.717, 1.165) is 41.1 Å². The van der Waals surface area contributed by atoms with E-state index in [1.165, 1.54) is 0 Å². The number of hydrogen-bond donors (Lipinski definition) is 1. The monoisotopic (exact) mass is 361 g/mol. The van der Waals surface area contributed by atoms with Gasteiger partial charge in [-0.1, -0.05) is 42.5 Å². The number of H-pyrrole nitrogens is 1. The quantitative estimate of drug-likeness (QED) is 0.756. The largest absolute Gasteiger partial charge is 0.497 e. The van der Waals surface area contributed by atoms with Crippen molar-refractivity contribution in [2.45, 2.75) is 25.3 Å². The van der Waals surface area contributed by atoms with Crippen LogP contribution in [0.5, 0.6) is 5.75 Å². The molecule has 3 aromatic rings. The van der Waals surface area contributed by atoms with Crippen molar-refractivity contribution >= 4 is 5.91 Å². The van der Waals surface area contributed by atoms with E-state index in [0.29, 0.717) is 13.0 Å². The minimum atomic E-state index is 0.0235. The van der Waals surface area contributed by atoms with Crippen molar-refractivity contribution in [1.29, 1.82) is 0 Å². The predicted octanol–water partition coefficient (Wildman–Crippen LogP) is 3.53. The maximum absolute atomic E-state index is 13.1. The average molecular weight is 361 g/mol. The zero-order valence-electron chi connectivity index (χ0n) is 15.4. The number of ether oxygens (including phenoxy) is 1. The van der Waals surface area contributed by atoms with Crippen molar-refractivity contribution in [3.8, 4) is 5.75 Å². The smallest absolute Gasteiger partial charge is 0.223 e. The third-order valence-electron chi connectivity index (χ3n) is 5.25. The summed E-state index contributed by atoms with van der Waals surface area (Å²) in [7, 11) is 1.66. The molecule has 1 unspecified atom stereocenters. The van der Waals surface area contributed by atoms with Crippen LogP contribution in [0.25, 0.3) is 0 Å². The summed E-state index contributed by atoms with van der Waals surface area (Å²) >= 11 is 0. The van der Waals surface area contributed by atoms with Crippen LogP contribution in [0, 0.1) is 0 Å². The molecule has 0 bridgehead atoms. The van der Waals surface area contributed by atoms with Gasteiger partial charge in [0, 0.05) is 43.1 Å². The topological polar surface area (TPSA) is 58.2 Å². The Bertz CT molecular complexity index is 903. The fraction of sp³-hybridized carbons (Fsp3) is 0.273. The number of benzene rings is 2. The number of carbonyl (C=O) groups excluding carboxylic acids is 1. The van der Waals surface area contributed by atoms with Crippen LogP contribution in [0.4, 0.5) is 0 Å². The molecule has 1 aliphatic rings. The summed E-state index contributed by atoms with van der Waals surface area (Å²) in [6.45, 7) is 1.37. The lowest BCUT2D eigenvalue weighted by molar-refractivity contribution is -0.132. The molecule has 5 heteroatoms. The Morgan fingerprint density at radius 3 is 2.63 bits per heavy atom. The zero-order chi connectivity index (χ0) is 18.6. The van der Waals surface area contributed by atoms with E-state index in [1.54, 1.807) is 7.11 Å². The first-order valence-corrected chi connectivity index (χ1v) is 9.22. The van der Waals surface area contributed by atoms with E-state index >= 15 is 0 Å². The van der Waals surface area contributed by atoms with Crippen molar-refractivity contribution in [1.82, 2.24) is 15.1 Å². The van der Waals surface area contributed by atoms with Gasteiger partial charge in [-0.15, -0.1) is 0 Å². The first kappa shape index (κ1) is 17.3. The summed E-state index contributed by atoms with van der Waals surface area (Å²) in [5, 5.41) is 7.12. The molecule has 1 amide bonds. The normalized spacial score (nSPS) is 14.5. The van der Waals surface area contributed by atoms with Crippen molar-refractivity contribution in [3.63, 3.8) is 0 Å². The Labute approximate surface area is 159 Å². The summed E-state index contributed by atoms with van der Waals surface area (Å²) in [6.07, 6.45) is 3.11. The highest BCUT2D eigenvalue weighted by atomic mass is 16.5. The number of aromatic nitrogens is 2. The SMILES string of the molecule is COc1ccc(C(CC(=O)N2CCc3[nH]ncc3C2)c2ccccc2)cc1. The van der Waals surface area contributed by atoms with Gasteiger partial charge in [0.2, 0.25) is 5.91 Å². The molecule has 5 nitrogen and oxygen atoms in total. The minimum Gasteiger partial charge on any atom is -0.497 e. The van der Waals surface area contributed by atoms with Crippen LogP contribution in [0.1, 0.15) is 34.7 Å². The molecule has 2 aromatic carbocycles. The molecule has 0 radical (unpaired) electrons. The lowest BCUT2D eigenvalue weighted by Crippen LogP contribution is -2.36. The summed E-state index contributed by atoms with van der Waals surface area (Å²) in [6, 6.07) is 18.2. The number of nitrogens with one attached hydrogen (secondary N) is 1. The second-order valence-corrected chi connectivity index (χ2v) is 6.88. The fourth-order valence-corrected chi connectivity index (χ4v) is 3.69. The third-order valence-corrected chi connectivity index (χ3v) is 5.25. The molecular weight excluding hydrogens is 338 g/mol. The van der Waals surface area contributed by atoms with E-state index in [4.69, 9.17) is 4.74 Å². The van der Waals surface area contributed by atoms with E-state index < -0.39 is 0 Å². The number of amides is 1. The number of fused-ring (bicyclic) bond motifs is 1. The molecule has 1 aromatic heterocycles. The van der Waals surface area contributed by atoms with Crippen molar-refractivity contribution < 1.29 is 9.53 Å². The molecule has 27 heavy (non-hydrogen) atoms. The van der Waals surface area contributed by atoms with Crippen molar-refractivity contribution in [2.24, 2.45) is 0 Å². The maximum Gasteiger partial charge on any atom is 0.223 e. The van der Waals surface area contributed by atoms with Crippen LogP contribution in [-0.2, 0) is 17.8 Å². The second-order valence-electron chi connectivity index (χ2n) is 6.88. The van der Waals surface area contributed by atoms with Crippen LogP contribution < -0.4 is 4.74 Å². The molecule has 138 valence electrons. The molecule has 0 spiro atoms. The molecule has 0 saturated heterocycles. The minimum absolute atomic E-state index is 0.0235. The second kappa shape index (κ2) is 7.66. The summed E-state index contributed by atoms with van der Waals surface area (Å²) in [5.74, 6) is 1.02. The molecule has 2 heterocycles. The first-order chi connectivity index (χ1) is 13.2. The highest BCUT2D eigenvalue weighted by Crippen LogP contribution is 2.30. The number of methoxy groups -OCH3 is 1. The van der Waals surface area contributed by atoms with Gasteiger partial charge in [-0.05, 0) is 23.3 Å². The van der Waals surface area contributed by atoms with Crippen molar-refractivity contribution in [2.75, 3.05) is 13.7 Å². The van der Waals surface area contributed by atoms with Gasteiger partial charge in [0.05, 0.1) is 13.3 Å². The number of carbonyl (C=O) groups is 1. The van der Waals surface area contributed by atoms with E-state index in [9.17, 15) is 4.79 Å². The molecular formula is C22H23N3O2. The summed E-state index contributed by atoms with van der Waals surface area (Å²) < 4.78 is 5.27. The number of nitrogens with zero attached hydrogens (tertiary/aromatic N) is 2. The maximum atomic E-state index is 13.1. The fourth-order valence-electron chi connectivity index (χ4n) is 3.69. The van der Waals surface area contributed by atoms with Crippen molar-refractivity contribution in [3.05, 3.63) is 83.2 Å². The Hall–Kier alpha value is -3.08. The standard InChI is InChI=1S/C22H23N3O2/c1-27-19-9-7-17(8-10-19)20(16-5-3-2-4-6-16)13-22(26)25-12-11-21-18(15-25)14-23-24-21/h2-10,14,20H,11-13,15H2,1H3,(H,23,24). The highest BCUT2D eigenvalue weighted by molar-refractivity contribution is 5.78. The van der Waals surface area contributed by atoms with E-state index in [1.807, 2.05) is 53.6 Å². The van der Waals surface area contributed by atoms with Gasteiger partial charge in [-0.2, -0.15) is 5.10 Å². The average Bonchev–Trinajstić information content (AvgIpc) is 3.20. The van der Waals surface area contributed by atoms with Gasteiger partial charge in [0.25, 0.3) is 0 Å². The predicted molar refractivity (Wildman–Crippen MR) is 104 cm³/mol. The Morgan fingerprint density at radius 2 is 1.89 bits per heavy atom. The highest BCUT2D eigenvalue weighted by Gasteiger charge is 2.25. The van der Waals surface area contributed by atoms with Gasteiger partial charge in [-0.25, -0.2) is 0 Å².